The molecular formula is C13H14N4O3S. The number of allylic oxidation sites excluding steroid dienone is 1. The lowest BCUT2D eigenvalue weighted by Crippen LogP contribution is -2.17. The predicted molar refractivity (Wildman–Crippen MR) is 78.6 cm³/mol. The molecule has 0 aliphatic rings. The van der Waals surface area contributed by atoms with Crippen molar-refractivity contribution in [3.05, 3.63) is 35.0 Å². The van der Waals surface area contributed by atoms with Crippen molar-refractivity contribution >= 4 is 28.2 Å². The van der Waals surface area contributed by atoms with Crippen molar-refractivity contribution < 1.29 is 14.3 Å². The highest BCUT2D eigenvalue weighted by Gasteiger charge is 2.17. The highest BCUT2D eigenvalue weighted by molar-refractivity contribution is 7.13. The van der Waals surface area contributed by atoms with Gasteiger partial charge in [-0.2, -0.15) is 5.26 Å². The largest absolute Gasteiger partial charge is 0.453 e. The predicted octanol–water partition coefficient (Wildman–Crippen LogP) is 1.22. The Hall–Kier alpha value is -2.66. The van der Waals surface area contributed by atoms with Gasteiger partial charge < -0.3 is 15.8 Å². The topological polar surface area (TPSA) is 118 Å². The molecule has 0 unspecified atom stereocenters. The van der Waals surface area contributed by atoms with Gasteiger partial charge in [-0.3, -0.25) is 4.79 Å². The number of thiazole rings is 1. The number of nitriles is 1. The molecule has 0 atom stereocenters. The number of rotatable bonds is 7. The number of hydrogen-bond donors (Lipinski definition) is 2. The van der Waals surface area contributed by atoms with Crippen molar-refractivity contribution in [3.63, 3.8) is 0 Å². The summed E-state index contributed by atoms with van der Waals surface area (Å²) in [5.74, 6) is -1.38. The average molecular weight is 306 g/mol. The highest BCUT2D eigenvalue weighted by atomic mass is 32.1. The zero-order chi connectivity index (χ0) is 15.8. The Bertz CT molecular complexity index is 624. The second kappa shape index (κ2) is 7.81. The molecule has 0 fully saturated rings. The Morgan fingerprint density at radius 3 is 2.95 bits per heavy atom. The van der Waals surface area contributed by atoms with Gasteiger partial charge in [0, 0.05) is 17.6 Å². The second-order valence-electron chi connectivity index (χ2n) is 3.88. The SMILES string of the molecule is C=CCNc1nc(C(=O)OCC(=O)/C(C#N)=C(/C)N)cs1. The zero-order valence-electron chi connectivity index (χ0n) is 11.4. The van der Waals surface area contributed by atoms with Crippen LogP contribution in [0.5, 0.6) is 0 Å². The van der Waals surface area contributed by atoms with Gasteiger partial charge in [0.1, 0.15) is 11.6 Å². The third kappa shape index (κ3) is 4.74. The summed E-state index contributed by atoms with van der Waals surface area (Å²) in [7, 11) is 0. The number of Topliss-reactive ketones (excluding diaryl/α,β-unsaturated/α-hetero) is 1. The van der Waals surface area contributed by atoms with Gasteiger partial charge in [-0.15, -0.1) is 17.9 Å². The lowest BCUT2D eigenvalue weighted by Gasteiger charge is -2.02. The zero-order valence-corrected chi connectivity index (χ0v) is 12.2. The summed E-state index contributed by atoms with van der Waals surface area (Å²) in [5, 5.41) is 13.7. The number of ether oxygens (including phenoxy) is 1. The fraction of sp³-hybridized carbons (Fsp3) is 0.231. The third-order valence-corrected chi connectivity index (χ3v) is 3.03. The first-order valence-electron chi connectivity index (χ1n) is 5.86. The van der Waals surface area contributed by atoms with Crippen LogP contribution in [0.3, 0.4) is 0 Å². The molecule has 110 valence electrons. The van der Waals surface area contributed by atoms with Crippen molar-refractivity contribution in [1.82, 2.24) is 4.98 Å². The number of carbonyl (C=O) groups excluding carboxylic acids is 2. The average Bonchev–Trinajstić information content (AvgIpc) is 2.91. The van der Waals surface area contributed by atoms with Crippen molar-refractivity contribution in [2.45, 2.75) is 6.92 Å². The Morgan fingerprint density at radius 2 is 2.38 bits per heavy atom. The maximum atomic E-state index is 11.7. The first kappa shape index (κ1) is 16.4. The van der Waals surface area contributed by atoms with Gasteiger partial charge >= 0.3 is 5.97 Å². The van der Waals surface area contributed by atoms with Gasteiger partial charge in [0.05, 0.1) is 0 Å². The van der Waals surface area contributed by atoms with Crippen LogP contribution in [0.15, 0.2) is 29.3 Å². The standard InChI is InChI=1S/C13H14N4O3S/c1-3-4-16-13-17-10(7-21-13)12(19)20-6-11(18)9(5-14)8(2)15/h3,7H,1,4,6,15H2,2H3,(H,16,17)/b9-8-. The van der Waals surface area contributed by atoms with Gasteiger partial charge in [0.15, 0.2) is 17.4 Å². The van der Waals surface area contributed by atoms with Gasteiger partial charge in [-0.1, -0.05) is 6.08 Å². The van der Waals surface area contributed by atoms with E-state index < -0.39 is 18.4 Å². The Balaban J connectivity index is 2.60. The molecule has 0 bridgehead atoms. The van der Waals surface area contributed by atoms with Crippen LogP contribution in [-0.2, 0) is 9.53 Å². The molecule has 0 aromatic carbocycles. The molecule has 0 saturated heterocycles. The third-order valence-electron chi connectivity index (χ3n) is 2.23. The first-order chi connectivity index (χ1) is 9.99. The molecule has 7 nitrogen and oxygen atoms in total. The van der Waals surface area contributed by atoms with Crippen molar-refractivity contribution in [2.75, 3.05) is 18.5 Å². The summed E-state index contributed by atoms with van der Waals surface area (Å²) in [5.41, 5.74) is 5.35. The smallest absolute Gasteiger partial charge is 0.358 e. The van der Waals surface area contributed by atoms with E-state index >= 15 is 0 Å². The number of carbonyl (C=O) groups is 2. The lowest BCUT2D eigenvalue weighted by atomic mass is 10.1. The molecule has 0 aliphatic carbocycles. The van der Waals surface area contributed by atoms with Gasteiger partial charge in [0.2, 0.25) is 5.78 Å². The number of nitrogens with two attached hydrogens (primary N) is 1. The van der Waals surface area contributed by atoms with Gasteiger partial charge in [0.25, 0.3) is 0 Å². The summed E-state index contributed by atoms with van der Waals surface area (Å²) in [6.45, 7) is 4.94. The highest BCUT2D eigenvalue weighted by Crippen LogP contribution is 2.15. The van der Waals surface area contributed by atoms with Crippen LogP contribution in [0.2, 0.25) is 0 Å². The molecule has 1 heterocycles. The first-order valence-corrected chi connectivity index (χ1v) is 6.74. The number of nitrogens with zero attached hydrogens (tertiary/aromatic N) is 2. The molecule has 1 rings (SSSR count). The minimum absolute atomic E-state index is 0.0862. The maximum absolute atomic E-state index is 11.7. The van der Waals surface area contributed by atoms with Gasteiger partial charge in [-0.25, -0.2) is 9.78 Å². The fourth-order valence-electron chi connectivity index (χ4n) is 1.26. The van der Waals surface area contributed by atoms with E-state index in [1.165, 1.54) is 23.6 Å². The Morgan fingerprint density at radius 1 is 1.67 bits per heavy atom. The molecule has 0 radical (unpaired) electrons. The molecule has 0 saturated carbocycles. The number of hydrogen-bond acceptors (Lipinski definition) is 8. The summed E-state index contributed by atoms with van der Waals surface area (Å²) in [6, 6.07) is 1.67. The van der Waals surface area contributed by atoms with E-state index in [9.17, 15) is 9.59 Å². The number of nitrogens with one attached hydrogen (secondary N) is 1. The molecule has 0 amide bonds. The molecule has 0 spiro atoms. The van der Waals surface area contributed by atoms with Crippen LogP contribution >= 0.6 is 11.3 Å². The minimum Gasteiger partial charge on any atom is -0.453 e. The Labute approximate surface area is 125 Å². The van der Waals surface area contributed by atoms with E-state index in [1.807, 2.05) is 0 Å². The summed E-state index contributed by atoms with van der Waals surface area (Å²) >= 11 is 1.23. The van der Waals surface area contributed by atoms with Crippen LogP contribution in [0.25, 0.3) is 0 Å². The van der Waals surface area contributed by atoms with Crippen LogP contribution in [0.4, 0.5) is 5.13 Å². The van der Waals surface area contributed by atoms with E-state index in [1.54, 1.807) is 12.1 Å². The fourth-order valence-corrected chi connectivity index (χ4v) is 1.95. The van der Waals surface area contributed by atoms with E-state index in [4.69, 9.17) is 15.7 Å². The number of anilines is 1. The van der Waals surface area contributed by atoms with E-state index in [-0.39, 0.29) is 17.0 Å². The number of ketones is 1. The molecule has 3 N–H and O–H groups in total. The summed E-state index contributed by atoms with van der Waals surface area (Å²) in [4.78, 5) is 27.3. The quantitative estimate of drug-likeness (QED) is 0.336. The normalized spacial score (nSPS) is 11.0. The maximum Gasteiger partial charge on any atom is 0.358 e. The molecule has 1 aromatic heterocycles. The van der Waals surface area contributed by atoms with Crippen LogP contribution in [0, 0.1) is 11.3 Å². The second-order valence-corrected chi connectivity index (χ2v) is 4.73. The number of esters is 1. The van der Waals surface area contributed by atoms with E-state index in [0.29, 0.717) is 11.7 Å². The van der Waals surface area contributed by atoms with Crippen molar-refractivity contribution in [2.24, 2.45) is 5.73 Å². The molecular weight excluding hydrogens is 292 g/mol. The van der Waals surface area contributed by atoms with E-state index in [0.717, 1.165) is 0 Å². The summed E-state index contributed by atoms with van der Waals surface area (Å²) < 4.78 is 4.81. The van der Waals surface area contributed by atoms with Crippen molar-refractivity contribution in [3.8, 4) is 6.07 Å². The number of aromatic nitrogens is 1. The molecule has 21 heavy (non-hydrogen) atoms. The minimum atomic E-state index is -0.738. The summed E-state index contributed by atoms with van der Waals surface area (Å²) in [6.07, 6.45) is 1.66. The van der Waals surface area contributed by atoms with Crippen LogP contribution in [0.1, 0.15) is 17.4 Å². The van der Waals surface area contributed by atoms with Gasteiger partial charge in [-0.05, 0) is 6.92 Å². The molecule has 0 aliphatic heterocycles. The van der Waals surface area contributed by atoms with E-state index in [2.05, 4.69) is 16.9 Å². The molecule has 1 aromatic rings. The monoisotopic (exact) mass is 306 g/mol. The Kier molecular flexibility index (Phi) is 6.10. The van der Waals surface area contributed by atoms with Crippen molar-refractivity contribution in [1.29, 1.82) is 5.26 Å². The lowest BCUT2D eigenvalue weighted by molar-refractivity contribution is -0.118. The molecule has 8 heteroatoms. The van der Waals surface area contributed by atoms with Crippen LogP contribution in [-0.4, -0.2) is 29.9 Å². The van der Waals surface area contributed by atoms with Crippen LogP contribution < -0.4 is 11.1 Å².